The summed E-state index contributed by atoms with van der Waals surface area (Å²) in [7, 11) is 0. The van der Waals surface area contributed by atoms with Crippen molar-refractivity contribution in [2.45, 2.75) is 31.3 Å². The van der Waals surface area contributed by atoms with Gasteiger partial charge in [-0.25, -0.2) is 4.39 Å². The summed E-state index contributed by atoms with van der Waals surface area (Å²) in [4.78, 5) is 37.0. The maximum Gasteiger partial charge on any atom is 0.254 e. The number of halogens is 1. The predicted molar refractivity (Wildman–Crippen MR) is 67.1 cm³/mol. The molecule has 1 aromatic rings. The van der Waals surface area contributed by atoms with Crippen molar-refractivity contribution in [3.8, 4) is 0 Å². The van der Waals surface area contributed by atoms with Gasteiger partial charge in [-0.1, -0.05) is 6.07 Å². The van der Waals surface area contributed by atoms with Crippen LogP contribution in [0.1, 0.15) is 29.6 Å². The highest BCUT2D eigenvalue weighted by atomic mass is 19.1. The molecule has 20 heavy (non-hydrogen) atoms. The van der Waals surface area contributed by atoms with Crippen LogP contribution in [0.4, 0.5) is 4.39 Å². The van der Waals surface area contributed by atoms with E-state index in [1.165, 1.54) is 23.1 Å². The molecule has 1 saturated carbocycles. The summed E-state index contributed by atoms with van der Waals surface area (Å²) in [6.45, 7) is 0. The maximum absolute atomic E-state index is 13.2. The van der Waals surface area contributed by atoms with Crippen LogP contribution in [-0.4, -0.2) is 34.7 Å². The van der Waals surface area contributed by atoms with E-state index in [2.05, 4.69) is 5.32 Å². The highest BCUT2D eigenvalue weighted by molar-refractivity contribution is 6.08. The number of benzene rings is 1. The molecule has 0 spiro atoms. The fraction of sp³-hybridized carbons (Fsp3) is 0.357. The second-order valence-corrected chi connectivity index (χ2v) is 5.09. The molecule has 0 radical (unpaired) electrons. The highest BCUT2D eigenvalue weighted by Crippen LogP contribution is 2.32. The Bertz CT molecular complexity index is 598. The Morgan fingerprint density at radius 1 is 1.30 bits per heavy atom. The van der Waals surface area contributed by atoms with Gasteiger partial charge in [0.15, 0.2) is 0 Å². The van der Waals surface area contributed by atoms with Crippen LogP contribution in [0.3, 0.4) is 0 Å². The third-order valence-corrected chi connectivity index (χ3v) is 3.53. The molecule has 1 N–H and O–H groups in total. The molecule has 1 aromatic carbocycles. The Balaban J connectivity index is 1.89. The summed E-state index contributed by atoms with van der Waals surface area (Å²) < 4.78 is 13.2. The van der Waals surface area contributed by atoms with Crippen molar-refractivity contribution in [2.24, 2.45) is 0 Å². The molecule has 6 heteroatoms. The van der Waals surface area contributed by atoms with Crippen molar-refractivity contribution in [2.75, 3.05) is 0 Å². The van der Waals surface area contributed by atoms with E-state index < -0.39 is 23.7 Å². The summed E-state index contributed by atoms with van der Waals surface area (Å²) in [5.41, 5.74) is 0.198. The summed E-state index contributed by atoms with van der Waals surface area (Å²) in [6, 6.07) is 4.55. The van der Waals surface area contributed by atoms with E-state index in [9.17, 15) is 18.8 Å². The summed E-state index contributed by atoms with van der Waals surface area (Å²) in [6.07, 6.45) is 1.59. The van der Waals surface area contributed by atoms with Crippen molar-refractivity contribution in [3.63, 3.8) is 0 Å². The zero-order valence-corrected chi connectivity index (χ0v) is 10.6. The summed E-state index contributed by atoms with van der Waals surface area (Å²) >= 11 is 0. The fourth-order valence-corrected chi connectivity index (χ4v) is 2.45. The van der Waals surface area contributed by atoms with Crippen molar-refractivity contribution in [1.29, 1.82) is 0 Å². The first-order valence-electron chi connectivity index (χ1n) is 6.48. The Labute approximate surface area is 114 Å². The van der Waals surface area contributed by atoms with Crippen LogP contribution in [0.25, 0.3) is 0 Å². The number of hydrogen-bond acceptors (Lipinski definition) is 3. The largest absolute Gasteiger partial charge is 0.323 e. The topological polar surface area (TPSA) is 66.5 Å². The first kappa shape index (κ1) is 12.8. The van der Waals surface area contributed by atoms with Gasteiger partial charge < -0.3 is 4.90 Å². The van der Waals surface area contributed by atoms with E-state index in [0.29, 0.717) is 0 Å². The van der Waals surface area contributed by atoms with Gasteiger partial charge in [-0.15, -0.1) is 0 Å². The lowest BCUT2D eigenvalue weighted by Crippen LogP contribution is -2.45. The Hall–Kier alpha value is -2.24. The second kappa shape index (κ2) is 4.70. The lowest BCUT2D eigenvalue weighted by atomic mass is 10.1. The molecule has 3 rings (SSSR count). The fourth-order valence-electron chi connectivity index (χ4n) is 2.45. The van der Waals surface area contributed by atoms with Crippen LogP contribution in [0.5, 0.6) is 0 Å². The molecule has 0 aromatic heterocycles. The monoisotopic (exact) mass is 276 g/mol. The van der Waals surface area contributed by atoms with Crippen molar-refractivity contribution < 1.29 is 18.8 Å². The summed E-state index contributed by atoms with van der Waals surface area (Å²) in [5, 5.41) is 2.20. The van der Waals surface area contributed by atoms with E-state index in [1.54, 1.807) is 0 Å². The van der Waals surface area contributed by atoms with Crippen molar-refractivity contribution in [3.05, 3.63) is 35.6 Å². The quantitative estimate of drug-likeness (QED) is 0.832. The standard InChI is InChI=1S/C14H13FN2O3/c15-9-3-1-2-8(6-9)14(20)17(10-4-5-10)11-7-12(18)16-13(11)19/h1-3,6,10-11H,4-5,7H2,(H,16,18,19)/t11-/m1/s1. The molecule has 2 fully saturated rings. The van der Waals surface area contributed by atoms with Crippen LogP contribution in [0, 0.1) is 5.82 Å². The van der Waals surface area contributed by atoms with Gasteiger partial charge >= 0.3 is 0 Å². The minimum Gasteiger partial charge on any atom is -0.323 e. The maximum atomic E-state index is 13.2. The molecule has 1 aliphatic heterocycles. The van der Waals surface area contributed by atoms with Gasteiger partial charge in [-0.2, -0.15) is 0 Å². The van der Waals surface area contributed by atoms with Crippen LogP contribution in [-0.2, 0) is 9.59 Å². The first-order valence-corrected chi connectivity index (χ1v) is 6.48. The molecule has 0 bridgehead atoms. The van der Waals surface area contributed by atoms with Gasteiger partial charge in [-0.3, -0.25) is 19.7 Å². The molecule has 1 heterocycles. The Morgan fingerprint density at radius 3 is 2.60 bits per heavy atom. The molecular formula is C14H13FN2O3. The molecule has 104 valence electrons. The molecule has 1 aliphatic carbocycles. The molecule has 0 unspecified atom stereocenters. The van der Waals surface area contributed by atoms with E-state index in [4.69, 9.17) is 0 Å². The van der Waals surface area contributed by atoms with Crippen LogP contribution >= 0.6 is 0 Å². The van der Waals surface area contributed by atoms with Gasteiger partial charge in [0.1, 0.15) is 11.9 Å². The number of imide groups is 1. The number of nitrogens with one attached hydrogen (secondary N) is 1. The van der Waals surface area contributed by atoms with E-state index >= 15 is 0 Å². The van der Waals surface area contributed by atoms with Crippen LogP contribution < -0.4 is 5.32 Å². The van der Waals surface area contributed by atoms with Crippen LogP contribution in [0.15, 0.2) is 24.3 Å². The smallest absolute Gasteiger partial charge is 0.254 e. The molecule has 1 atom stereocenters. The first-order chi connectivity index (χ1) is 9.56. The minimum absolute atomic E-state index is 0.0175. The third-order valence-electron chi connectivity index (χ3n) is 3.53. The molecule has 2 aliphatic rings. The van der Waals surface area contributed by atoms with Gasteiger partial charge in [0.2, 0.25) is 11.8 Å². The number of rotatable bonds is 3. The lowest BCUT2D eigenvalue weighted by molar-refractivity contribution is -0.126. The molecule has 3 amide bonds. The van der Waals surface area contributed by atoms with Crippen molar-refractivity contribution in [1.82, 2.24) is 10.2 Å². The van der Waals surface area contributed by atoms with Crippen molar-refractivity contribution >= 4 is 17.7 Å². The average Bonchev–Trinajstić information content (AvgIpc) is 3.16. The van der Waals surface area contributed by atoms with Gasteiger partial charge in [0, 0.05) is 11.6 Å². The van der Waals surface area contributed by atoms with Crippen LogP contribution in [0.2, 0.25) is 0 Å². The number of hydrogen-bond donors (Lipinski definition) is 1. The zero-order valence-electron chi connectivity index (χ0n) is 10.6. The normalized spacial score (nSPS) is 21.8. The minimum atomic E-state index is -0.772. The number of amides is 3. The van der Waals surface area contributed by atoms with E-state index in [-0.39, 0.29) is 23.9 Å². The molecular weight excluding hydrogens is 263 g/mol. The molecule has 5 nitrogen and oxygen atoms in total. The average molecular weight is 276 g/mol. The third kappa shape index (κ3) is 2.29. The molecule has 1 saturated heterocycles. The van der Waals surface area contributed by atoms with Gasteiger partial charge in [0.05, 0.1) is 6.42 Å². The lowest BCUT2D eigenvalue weighted by Gasteiger charge is -2.26. The highest BCUT2D eigenvalue weighted by Gasteiger charge is 2.44. The predicted octanol–water partition coefficient (Wildman–Crippen LogP) is 0.845. The van der Waals surface area contributed by atoms with Gasteiger partial charge in [0.25, 0.3) is 5.91 Å². The Kier molecular flexibility index (Phi) is 3.00. The Morgan fingerprint density at radius 2 is 2.05 bits per heavy atom. The zero-order chi connectivity index (χ0) is 14.3. The number of carbonyl (C=O) groups excluding carboxylic acids is 3. The number of nitrogens with zero attached hydrogens (tertiary/aromatic N) is 1. The van der Waals surface area contributed by atoms with Gasteiger partial charge in [-0.05, 0) is 31.0 Å². The second-order valence-electron chi connectivity index (χ2n) is 5.09. The number of carbonyl (C=O) groups is 3. The SMILES string of the molecule is O=C1C[C@@H](N(C(=O)c2cccc(F)c2)C2CC2)C(=O)N1. The van der Waals surface area contributed by atoms with E-state index in [0.717, 1.165) is 18.9 Å². The summed E-state index contributed by atoms with van der Waals surface area (Å²) in [5.74, 6) is -1.73. The van der Waals surface area contributed by atoms with E-state index in [1.807, 2.05) is 0 Å².